The number of halogens is 1. The fourth-order valence-corrected chi connectivity index (χ4v) is 3.89. The van der Waals surface area contributed by atoms with Gasteiger partial charge in [0.05, 0.1) is 5.69 Å². The van der Waals surface area contributed by atoms with Crippen LogP contribution >= 0.6 is 15.9 Å². The summed E-state index contributed by atoms with van der Waals surface area (Å²) in [5.41, 5.74) is 2.64. The number of anilines is 1. The lowest BCUT2D eigenvalue weighted by atomic mass is 9.86. The summed E-state index contributed by atoms with van der Waals surface area (Å²) in [5.74, 6) is 0.670. The van der Waals surface area contributed by atoms with E-state index in [0.717, 1.165) is 13.1 Å². The first kappa shape index (κ1) is 15.8. The number of aryl methyl sites for hydroxylation is 1. The lowest BCUT2D eigenvalue weighted by Gasteiger charge is -2.44. The highest BCUT2D eigenvalue weighted by Crippen LogP contribution is 2.34. The van der Waals surface area contributed by atoms with Crippen molar-refractivity contribution in [2.24, 2.45) is 5.92 Å². The molecule has 0 bridgehead atoms. The van der Waals surface area contributed by atoms with E-state index in [0.29, 0.717) is 18.0 Å². The highest BCUT2D eigenvalue weighted by atomic mass is 79.9. The Morgan fingerprint density at radius 3 is 2.75 bits per heavy atom. The van der Waals surface area contributed by atoms with Gasteiger partial charge in [-0.05, 0) is 72.8 Å². The van der Waals surface area contributed by atoms with Gasteiger partial charge in [0.15, 0.2) is 0 Å². The number of rotatable bonds is 4. The second-order valence-corrected chi connectivity index (χ2v) is 6.95. The lowest BCUT2D eigenvalue weighted by Crippen LogP contribution is -2.53. The Morgan fingerprint density at radius 2 is 2.10 bits per heavy atom. The third-order valence-corrected chi connectivity index (χ3v) is 5.27. The second kappa shape index (κ2) is 6.95. The summed E-state index contributed by atoms with van der Waals surface area (Å²) in [5, 5.41) is 3.71. The molecule has 1 aliphatic rings. The van der Waals surface area contributed by atoms with E-state index in [1.54, 1.807) is 0 Å². The van der Waals surface area contributed by atoms with Gasteiger partial charge in [0, 0.05) is 23.1 Å². The largest absolute Gasteiger partial charge is 0.368 e. The van der Waals surface area contributed by atoms with Gasteiger partial charge in [0.2, 0.25) is 0 Å². The molecule has 0 saturated carbocycles. The molecule has 20 heavy (non-hydrogen) atoms. The highest BCUT2D eigenvalue weighted by molar-refractivity contribution is 9.10. The van der Waals surface area contributed by atoms with E-state index in [-0.39, 0.29) is 0 Å². The van der Waals surface area contributed by atoms with Crippen molar-refractivity contribution in [1.82, 2.24) is 5.32 Å². The van der Waals surface area contributed by atoms with Crippen LogP contribution in [-0.2, 0) is 0 Å². The SMILES string of the molecule is CCCNC1CCN(c2ccc(C)cc2Br)C(C)C1C. The predicted molar refractivity (Wildman–Crippen MR) is 91.5 cm³/mol. The van der Waals surface area contributed by atoms with Crippen LogP contribution in [0.1, 0.15) is 39.2 Å². The van der Waals surface area contributed by atoms with Crippen molar-refractivity contribution < 1.29 is 0 Å². The second-order valence-electron chi connectivity index (χ2n) is 6.10. The first-order chi connectivity index (χ1) is 9.54. The Morgan fingerprint density at radius 1 is 1.35 bits per heavy atom. The van der Waals surface area contributed by atoms with Gasteiger partial charge < -0.3 is 10.2 Å². The third kappa shape index (κ3) is 3.37. The molecule has 1 fully saturated rings. The molecule has 1 aromatic carbocycles. The van der Waals surface area contributed by atoms with Crippen LogP contribution in [0.4, 0.5) is 5.69 Å². The molecule has 1 aromatic rings. The number of hydrogen-bond acceptors (Lipinski definition) is 2. The van der Waals surface area contributed by atoms with Gasteiger partial charge in [0.25, 0.3) is 0 Å². The lowest BCUT2D eigenvalue weighted by molar-refractivity contribution is 0.271. The zero-order valence-corrected chi connectivity index (χ0v) is 14.7. The standard InChI is InChI=1S/C17H27BrN2/c1-5-9-19-16-8-10-20(14(4)13(16)3)17-7-6-12(2)11-15(17)18/h6-7,11,13-14,16,19H,5,8-10H2,1-4H3. The number of nitrogens with zero attached hydrogens (tertiary/aromatic N) is 1. The molecule has 1 N–H and O–H groups in total. The van der Waals surface area contributed by atoms with Gasteiger partial charge in [-0.1, -0.05) is 19.9 Å². The molecule has 1 saturated heterocycles. The van der Waals surface area contributed by atoms with E-state index in [4.69, 9.17) is 0 Å². The Balaban J connectivity index is 2.11. The van der Waals surface area contributed by atoms with E-state index < -0.39 is 0 Å². The summed E-state index contributed by atoms with van der Waals surface area (Å²) < 4.78 is 1.22. The summed E-state index contributed by atoms with van der Waals surface area (Å²) >= 11 is 3.73. The molecule has 3 atom stereocenters. The molecular formula is C17H27BrN2. The van der Waals surface area contributed by atoms with Crippen LogP contribution < -0.4 is 10.2 Å². The van der Waals surface area contributed by atoms with Crippen LogP contribution in [0.25, 0.3) is 0 Å². The number of nitrogens with one attached hydrogen (secondary N) is 1. The third-order valence-electron chi connectivity index (χ3n) is 4.64. The first-order valence-corrected chi connectivity index (χ1v) is 8.60. The summed E-state index contributed by atoms with van der Waals surface area (Å²) in [7, 11) is 0. The van der Waals surface area contributed by atoms with Gasteiger partial charge >= 0.3 is 0 Å². The molecule has 0 spiro atoms. The fraction of sp³-hybridized carbons (Fsp3) is 0.647. The molecule has 0 amide bonds. The maximum absolute atomic E-state index is 3.73. The molecule has 3 unspecified atom stereocenters. The smallest absolute Gasteiger partial charge is 0.0513 e. The van der Waals surface area contributed by atoms with E-state index >= 15 is 0 Å². The Kier molecular flexibility index (Phi) is 5.50. The monoisotopic (exact) mass is 338 g/mol. The molecule has 0 aliphatic carbocycles. The fourth-order valence-electron chi connectivity index (χ4n) is 3.17. The summed E-state index contributed by atoms with van der Waals surface area (Å²) in [6.07, 6.45) is 2.44. The molecule has 1 aliphatic heterocycles. The molecular weight excluding hydrogens is 312 g/mol. The molecule has 0 aromatic heterocycles. The van der Waals surface area contributed by atoms with E-state index in [1.807, 2.05) is 0 Å². The molecule has 0 radical (unpaired) electrons. The molecule has 3 heteroatoms. The van der Waals surface area contributed by atoms with Crippen LogP contribution in [0, 0.1) is 12.8 Å². The predicted octanol–water partition coefficient (Wildman–Crippen LogP) is 4.36. The maximum Gasteiger partial charge on any atom is 0.0513 e. The Labute approximate surface area is 132 Å². The average molecular weight is 339 g/mol. The minimum absolute atomic E-state index is 0.567. The van der Waals surface area contributed by atoms with Crippen LogP contribution in [-0.4, -0.2) is 25.2 Å². The minimum Gasteiger partial charge on any atom is -0.368 e. The summed E-state index contributed by atoms with van der Waals surface area (Å²) in [6.45, 7) is 11.4. The van der Waals surface area contributed by atoms with E-state index in [9.17, 15) is 0 Å². The Hall–Kier alpha value is -0.540. The zero-order valence-electron chi connectivity index (χ0n) is 13.1. The van der Waals surface area contributed by atoms with E-state index in [2.05, 4.69) is 72.0 Å². The van der Waals surface area contributed by atoms with Crippen molar-refractivity contribution in [3.63, 3.8) is 0 Å². The van der Waals surface area contributed by atoms with Crippen LogP contribution in [0.15, 0.2) is 22.7 Å². The Bertz CT molecular complexity index is 447. The molecule has 1 heterocycles. The normalized spacial score (nSPS) is 26.9. The summed E-state index contributed by atoms with van der Waals surface area (Å²) in [4.78, 5) is 2.55. The number of hydrogen-bond donors (Lipinski definition) is 1. The van der Waals surface area contributed by atoms with E-state index in [1.165, 1.54) is 28.6 Å². The van der Waals surface area contributed by atoms with Crippen molar-refractivity contribution in [1.29, 1.82) is 0 Å². The van der Waals surface area contributed by atoms with Crippen molar-refractivity contribution in [2.45, 2.75) is 52.6 Å². The van der Waals surface area contributed by atoms with Gasteiger partial charge in [-0.2, -0.15) is 0 Å². The summed E-state index contributed by atoms with van der Waals surface area (Å²) in [6, 6.07) is 7.90. The van der Waals surface area contributed by atoms with Gasteiger partial charge in [-0.15, -0.1) is 0 Å². The molecule has 2 nitrogen and oxygen atoms in total. The van der Waals surface area contributed by atoms with Crippen LogP contribution in [0.5, 0.6) is 0 Å². The first-order valence-electron chi connectivity index (χ1n) is 7.80. The minimum atomic E-state index is 0.567. The van der Waals surface area contributed by atoms with Crippen molar-refractivity contribution in [3.05, 3.63) is 28.2 Å². The van der Waals surface area contributed by atoms with Gasteiger partial charge in [-0.3, -0.25) is 0 Å². The quantitative estimate of drug-likeness (QED) is 0.877. The topological polar surface area (TPSA) is 15.3 Å². The van der Waals surface area contributed by atoms with Crippen LogP contribution in [0.3, 0.4) is 0 Å². The number of piperidine rings is 1. The highest BCUT2D eigenvalue weighted by Gasteiger charge is 2.32. The van der Waals surface area contributed by atoms with Crippen LogP contribution in [0.2, 0.25) is 0 Å². The van der Waals surface area contributed by atoms with Gasteiger partial charge in [-0.25, -0.2) is 0 Å². The van der Waals surface area contributed by atoms with Crippen molar-refractivity contribution in [2.75, 3.05) is 18.0 Å². The number of benzene rings is 1. The average Bonchev–Trinajstić information content (AvgIpc) is 2.41. The maximum atomic E-state index is 3.73. The zero-order chi connectivity index (χ0) is 14.7. The molecule has 2 rings (SSSR count). The van der Waals surface area contributed by atoms with Crippen molar-refractivity contribution in [3.8, 4) is 0 Å². The molecule has 112 valence electrons. The van der Waals surface area contributed by atoms with Gasteiger partial charge in [0.1, 0.15) is 0 Å². The van der Waals surface area contributed by atoms with Crippen molar-refractivity contribution >= 4 is 21.6 Å².